The first kappa shape index (κ1) is 28.1. The minimum absolute atomic E-state index is 0.000695. The van der Waals surface area contributed by atoms with Crippen molar-refractivity contribution in [3.63, 3.8) is 0 Å². The number of ether oxygens (including phenoxy) is 2. The highest BCUT2D eigenvalue weighted by Crippen LogP contribution is 2.41. The molecule has 4 heterocycles. The molecule has 41 heavy (non-hydrogen) atoms. The molecule has 2 saturated carbocycles. The zero-order valence-corrected chi connectivity index (χ0v) is 23.5. The average Bonchev–Trinajstić information content (AvgIpc) is 3.64. The van der Waals surface area contributed by atoms with E-state index in [1.54, 1.807) is 0 Å². The molecular formula is C29H38F3N7O2. The van der Waals surface area contributed by atoms with Crippen molar-refractivity contribution in [2.75, 3.05) is 26.3 Å². The molecule has 1 saturated heterocycles. The molecule has 222 valence electrons. The number of morpholine rings is 1. The van der Waals surface area contributed by atoms with Gasteiger partial charge in [0.1, 0.15) is 12.4 Å². The summed E-state index contributed by atoms with van der Waals surface area (Å²) in [6.07, 6.45) is 9.95. The summed E-state index contributed by atoms with van der Waals surface area (Å²) in [6.45, 7) is 3.84. The summed E-state index contributed by atoms with van der Waals surface area (Å²) >= 11 is 0. The topological polar surface area (TPSA) is 83.1 Å². The van der Waals surface area contributed by atoms with Crippen molar-refractivity contribution in [1.29, 1.82) is 0 Å². The fourth-order valence-electron chi connectivity index (χ4n) is 6.74. The van der Waals surface area contributed by atoms with Crippen LogP contribution in [-0.4, -0.2) is 66.8 Å². The van der Waals surface area contributed by atoms with E-state index in [-0.39, 0.29) is 18.4 Å². The van der Waals surface area contributed by atoms with E-state index in [0.717, 1.165) is 76.1 Å². The zero-order valence-electron chi connectivity index (χ0n) is 23.5. The summed E-state index contributed by atoms with van der Waals surface area (Å²) in [7, 11) is 1.89. The molecule has 3 fully saturated rings. The van der Waals surface area contributed by atoms with Crippen LogP contribution in [0.1, 0.15) is 92.0 Å². The average molecular weight is 574 g/mol. The summed E-state index contributed by atoms with van der Waals surface area (Å²) in [5, 5.41) is 13.5. The van der Waals surface area contributed by atoms with E-state index >= 15 is 0 Å². The Balaban J connectivity index is 0.995. The van der Waals surface area contributed by atoms with E-state index in [9.17, 15) is 13.2 Å². The Morgan fingerprint density at radius 3 is 2.39 bits per heavy atom. The van der Waals surface area contributed by atoms with Crippen LogP contribution in [0.25, 0.3) is 0 Å². The van der Waals surface area contributed by atoms with Gasteiger partial charge in [-0.2, -0.15) is 18.3 Å². The summed E-state index contributed by atoms with van der Waals surface area (Å²) in [5.41, 5.74) is 0.541. The minimum atomic E-state index is -4.45. The fraction of sp³-hybridized carbons (Fsp3) is 0.655. The van der Waals surface area contributed by atoms with Gasteiger partial charge >= 0.3 is 6.18 Å². The minimum Gasteiger partial charge on any atom is -0.469 e. The van der Waals surface area contributed by atoms with E-state index in [0.29, 0.717) is 23.8 Å². The van der Waals surface area contributed by atoms with E-state index < -0.39 is 11.7 Å². The first-order chi connectivity index (χ1) is 19.8. The van der Waals surface area contributed by atoms with E-state index in [1.807, 2.05) is 11.6 Å². The number of hydrogen-bond acceptors (Lipinski definition) is 7. The maximum Gasteiger partial charge on any atom is 0.416 e. The lowest BCUT2D eigenvalue weighted by atomic mass is 9.79. The molecular weight excluding hydrogens is 535 g/mol. The van der Waals surface area contributed by atoms with Crippen molar-refractivity contribution in [2.45, 2.75) is 88.1 Å². The molecule has 2 aliphatic carbocycles. The summed E-state index contributed by atoms with van der Waals surface area (Å²) in [6, 6.07) is 3.00. The first-order valence-corrected chi connectivity index (χ1v) is 14.7. The molecule has 0 aromatic carbocycles. The number of rotatable bonds is 7. The quantitative estimate of drug-likeness (QED) is 0.381. The number of halogens is 3. The third-order valence-corrected chi connectivity index (χ3v) is 9.20. The van der Waals surface area contributed by atoms with Crippen molar-refractivity contribution >= 4 is 0 Å². The molecule has 3 aliphatic rings. The van der Waals surface area contributed by atoms with Gasteiger partial charge < -0.3 is 14.0 Å². The van der Waals surface area contributed by atoms with Crippen LogP contribution in [0.15, 0.2) is 30.7 Å². The van der Waals surface area contributed by atoms with Crippen LogP contribution in [-0.2, 0) is 24.6 Å². The van der Waals surface area contributed by atoms with Crippen molar-refractivity contribution < 1.29 is 22.6 Å². The normalized spacial score (nSPS) is 26.2. The zero-order chi connectivity index (χ0) is 28.4. The molecule has 0 atom stereocenters. The van der Waals surface area contributed by atoms with Gasteiger partial charge in [0.25, 0.3) is 0 Å². The Bertz CT molecular complexity index is 1290. The van der Waals surface area contributed by atoms with Gasteiger partial charge in [-0.3, -0.25) is 9.58 Å². The Labute approximate surface area is 238 Å². The third kappa shape index (κ3) is 6.43. The Kier molecular flexibility index (Phi) is 8.30. The summed E-state index contributed by atoms with van der Waals surface area (Å²) < 4.78 is 54.1. The van der Waals surface area contributed by atoms with Crippen molar-refractivity contribution in [3.8, 4) is 5.88 Å². The Hall–Kier alpha value is -2.99. The lowest BCUT2D eigenvalue weighted by Gasteiger charge is -2.38. The van der Waals surface area contributed by atoms with Gasteiger partial charge in [0.2, 0.25) is 5.88 Å². The molecule has 3 aromatic rings. The number of hydrogen-bond donors (Lipinski definition) is 0. The fourth-order valence-corrected chi connectivity index (χ4v) is 6.74. The highest BCUT2D eigenvalue weighted by molar-refractivity contribution is 5.23. The first-order valence-electron chi connectivity index (χ1n) is 14.7. The molecule has 0 spiro atoms. The predicted molar refractivity (Wildman–Crippen MR) is 144 cm³/mol. The van der Waals surface area contributed by atoms with Gasteiger partial charge in [-0.25, -0.2) is 4.98 Å². The number of aromatic nitrogens is 6. The molecule has 9 nitrogen and oxygen atoms in total. The molecule has 0 bridgehead atoms. The summed E-state index contributed by atoms with van der Waals surface area (Å²) in [5.74, 6) is 2.15. The third-order valence-electron chi connectivity index (χ3n) is 9.20. The van der Waals surface area contributed by atoms with Crippen molar-refractivity contribution in [2.24, 2.45) is 7.05 Å². The van der Waals surface area contributed by atoms with Crippen LogP contribution in [0.2, 0.25) is 0 Å². The smallest absolute Gasteiger partial charge is 0.416 e. The Morgan fingerprint density at radius 1 is 0.951 bits per heavy atom. The van der Waals surface area contributed by atoms with Gasteiger partial charge in [-0.05, 0) is 68.9 Å². The van der Waals surface area contributed by atoms with Crippen molar-refractivity contribution in [3.05, 3.63) is 53.5 Å². The van der Waals surface area contributed by atoms with Crippen LogP contribution in [0.5, 0.6) is 5.88 Å². The molecule has 1 aliphatic heterocycles. The highest BCUT2D eigenvalue weighted by Gasteiger charge is 2.32. The van der Waals surface area contributed by atoms with Gasteiger partial charge in [0.05, 0.1) is 31.0 Å². The maximum absolute atomic E-state index is 13.0. The second-order valence-electron chi connectivity index (χ2n) is 11.6. The summed E-state index contributed by atoms with van der Waals surface area (Å²) in [4.78, 5) is 6.50. The number of nitrogens with zero attached hydrogens (tertiary/aromatic N) is 7. The molecule has 0 radical (unpaired) electrons. The number of pyridine rings is 1. The molecule has 0 amide bonds. The molecule has 0 unspecified atom stereocenters. The van der Waals surface area contributed by atoms with Crippen LogP contribution in [0, 0.1) is 0 Å². The molecule has 0 N–H and O–H groups in total. The molecule has 12 heteroatoms. The predicted octanol–water partition coefficient (Wildman–Crippen LogP) is 5.26. The molecule has 3 aromatic heterocycles. The van der Waals surface area contributed by atoms with Gasteiger partial charge in [0.15, 0.2) is 5.82 Å². The van der Waals surface area contributed by atoms with Crippen LogP contribution in [0.3, 0.4) is 0 Å². The monoisotopic (exact) mass is 573 g/mol. The number of alkyl halides is 3. The maximum atomic E-state index is 13.0. The standard InChI is InChI=1S/C29H38F3N7O2/c1-37-26(19-41-27-16-23(10-11-33-27)29(30,31)32)35-36-28(37)21-4-2-20(3-5-21)22-17-34-39(18-22)25-8-6-24(7-9-25)38-12-14-40-15-13-38/h10-11,16-18,20-21,24-25H,2-9,12-15,19H2,1H3. The highest BCUT2D eigenvalue weighted by atomic mass is 19.4. The SMILES string of the molecule is Cn1c(COc2cc(C(F)(F)F)ccn2)nnc1C1CCC(c2cnn(C3CCC(N4CCOCC4)CC3)c2)CC1. The second kappa shape index (κ2) is 12.1. The van der Waals surface area contributed by atoms with Crippen LogP contribution < -0.4 is 4.74 Å². The van der Waals surface area contributed by atoms with Crippen LogP contribution >= 0.6 is 0 Å². The largest absolute Gasteiger partial charge is 0.469 e. The lowest BCUT2D eigenvalue weighted by Crippen LogP contribution is -2.45. The Morgan fingerprint density at radius 2 is 1.66 bits per heavy atom. The van der Waals surface area contributed by atoms with E-state index in [1.165, 1.54) is 31.2 Å². The second-order valence-corrected chi connectivity index (χ2v) is 11.6. The van der Waals surface area contributed by atoms with Crippen molar-refractivity contribution in [1.82, 2.24) is 34.4 Å². The molecule has 6 rings (SSSR count). The van der Waals surface area contributed by atoms with Gasteiger partial charge in [-0.15, -0.1) is 10.2 Å². The van der Waals surface area contributed by atoms with Gasteiger partial charge in [-0.1, -0.05) is 0 Å². The van der Waals surface area contributed by atoms with Gasteiger partial charge in [0, 0.05) is 50.6 Å². The van der Waals surface area contributed by atoms with E-state index in [2.05, 4.69) is 37.2 Å². The van der Waals surface area contributed by atoms with E-state index in [4.69, 9.17) is 14.6 Å². The van der Waals surface area contributed by atoms with Crippen LogP contribution in [0.4, 0.5) is 13.2 Å². The lowest BCUT2D eigenvalue weighted by molar-refractivity contribution is -0.137.